The highest BCUT2D eigenvalue weighted by Crippen LogP contribution is 2.62. The van der Waals surface area contributed by atoms with Crippen LogP contribution in [0.5, 0.6) is 34.5 Å². The summed E-state index contributed by atoms with van der Waals surface area (Å²) in [4.78, 5) is 0. The van der Waals surface area contributed by atoms with Crippen molar-refractivity contribution in [2.24, 2.45) is 0 Å². The summed E-state index contributed by atoms with van der Waals surface area (Å²) in [5.74, 6) is 3.74. The van der Waals surface area contributed by atoms with Gasteiger partial charge in [-0.2, -0.15) is 0 Å². The van der Waals surface area contributed by atoms with Gasteiger partial charge in [-0.3, -0.25) is 0 Å². The lowest BCUT2D eigenvalue weighted by Crippen LogP contribution is -2.31. The van der Waals surface area contributed by atoms with E-state index in [1.54, 1.807) is 0 Å². The molecule has 5 rings (SSSR count). The van der Waals surface area contributed by atoms with E-state index < -0.39 is 5.41 Å². The predicted octanol–water partition coefficient (Wildman–Crippen LogP) is 9.31. The highest BCUT2D eigenvalue weighted by Gasteiger charge is 2.51. The normalized spacial score (nSPS) is 12.5. The van der Waals surface area contributed by atoms with E-state index in [0.29, 0.717) is 60.9 Å². The van der Waals surface area contributed by atoms with E-state index in [1.807, 2.05) is 41.5 Å². The maximum atomic E-state index is 6.57. The largest absolute Gasteiger partial charge is 0.493 e. The molecule has 0 bridgehead atoms. The SMILES string of the molecule is C=COc1c(OCC)cc(C2(c3cc(OCC)c(OC=C)c(C)c3OCC)c3ccccc3-c3ccccc32)c(OCC)c1C. The summed E-state index contributed by atoms with van der Waals surface area (Å²) in [5, 5.41) is 0. The van der Waals surface area contributed by atoms with Crippen molar-refractivity contribution < 1.29 is 28.4 Å². The molecule has 0 fully saturated rings. The first-order valence-corrected chi connectivity index (χ1v) is 15.6. The molecule has 45 heavy (non-hydrogen) atoms. The number of benzene rings is 4. The molecule has 4 aromatic rings. The maximum Gasteiger partial charge on any atom is 0.174 e. The number of fused-ring (bicyclic) bond motifs is 3. The Bertz CT molecular complexity index is 1590. The zero-order chi connectivity index (χ0) is 32.1. The van der Waals surface area contributed by atoms with Crippen LogP contribution in [-0.2, 0) is 5.41 Å². The Morgan fingerprint density at radius 2 is 0.911 bits per heavy atom. The van der Waals surface area contributed by atoms with Gasteiger partial charge in [-0.15, -0.1) is 0 Å². The lowest BCUT2D eigenvalue weighted by Gasteiger charge is -2.38. The molecular weight excluding hydrogens is 564 g/mol. The summed E-state index contributed by atoms with van der Waals surface area (Å²) in [5.41, 5.74) is 6.95. The molecule has 0 amide bonds. The van der Waals surface area contributed by atoms with E-state index in [9.17, 15) is 0 Å². The number of hydrogen-bond acceptors (Lipinski definition) is 6. The summed E-state index contributed by atoms with van der Waals surface area (Å²) in [6.45, 7) is 21.3. The van der Waals surface area contributed by atoms with Crippen molar-refractivity contribution in [3.63, 3.8) is 0 Å². The number of ether oxygens (including phenoxy) is 6. The molecule has 0 heterocycles. The van der Waals surface area contributed by atoms with Crippen LogP contribution in [0, 0.1) is 13.8 Å². The van der Waals surface area contributed by atoms with Crippen molar-refractivity contribution in [1.82, 2.24) is 0 Å². The van der Waals surface area contributed by atoms with Crippen LogP contribution in [0.4, 0.5) is 0 Å². The van der Waals surface area contributed by atoms with E-state index in [2.05, 4.69) is 73.8 Å². The second kappa shape index (κ2) is 13.4. The molecule has 4 aromatic carbocycles. The lowest BCUT2D eigenvalue weighted by molar-refractivity contribution is 0.302. The van der Waals surface area contributed by atoms with E-state index in [4.69, 9.17) is 28.4 Å². The first-order valence-electron chi connectivity index (χ1n) is 15.6. The average Bonchev–Trinajstić information content (AvgIpc) is 3.34. The van der Waals surface area contributed by atoms with Crippen molar-refractivity contribution in [2.75, 3.05) is 26.4 Å². The molecule has 0 aliphatic heterocycles. The first kappa shape index (κ1) is 31.6. The third-order valence-corrected chi connectivity index (χ3v) is 8.19. The summed E-state index contributed by atoms with van der Waals surface area (Å²) in [6, 6.07) is 21.2. The Morgan fingerprint density at radius 1 is 0.533 bits per heavy atom. The Kier molecular flexibility index (Phi) is 9.43. The van der Waals surface area contributed by atoms with Crippen LogP contribution < -0.4 is 28.4 Å². The van der Waals surface area contributed by atoms with Crippen LogP contribution in [0.1, 0.15) is 61.1 Å². The van der Waals surface area contributed by atoms with Gasteiger partial charge in [0, 0.05) is 22.3 Å². The predicted molar refractivity (Wildman–Crippen MR) is 180 cm³/mol. The topological polar surface area (TPSA) is 55.4 Å². The van der Waals surface area contributed by atoms with Gasteiger partial charge in [0.15, 0.2) is 23.0 Å². The lowest BCUT2D eigenvalue weighted by atomic mass is 9.66. The second-order valence-corrected chi connectivity index (χ2v) is 10.6. The smallest absolute Gasteiger partial charge is 0.174 e. The standard InChI is InChI=1S/C39H42O6/c1-9-40-33-23-31(35(42-11-3)25(7)37(33)44-13-5)39(29-21-17-15-19-27(29)28-20-16-18-22-30(28)39)32-24-34(41-10-2)38(45-14-6)26(8)36(32)43-12-4/h13-24H,5-6,9-12H2,1-4,7-8H3. The van der Waals surface area contributed by atoms with Crippen LogP contribution in [0.15, 0.2) is 86.3 Å². The third-order valence-electron chi connectivity index (χ3n) is 8.19. The molecule has 0 spiro atoms. The van der Waals surface area contributed by atoms with Gasteiger partial charge < -0.3 is 28.4 Å². The number of hydrogen-bond donors (Lipinski definition) is 0. The van der Waals surface area contributed by atoms with Crippen LogP contribution >= 0.6 is 0 Å². The zero-order valence-electron chi connectivity index (χ0n) is 27.1. The Morgan fingerprint density at radius 3 is 1.27 bits per heavy atom. The fraction of sp³-hybridized carbons (Fsp3) is 0.282. The van der Waals surface area contributed by atoms with Gasteiger partial charge in [0.25, 0.3) is 0 Å². The minimum atomic E-state index is -0.908. The van der Waals surface area contributed by atoms with Crippen molar-refractivity contribution >= 4 is 0 Å². The molecule has 0 saturated heterocycles. The second-order valence-electron chi connectivity index (χ2n) is 10.6. The number of rotatable bonds is 14. The van der Waals surface area contributed by atoms with E-state index >= 15 is 0 Å². The molecule has 1 aliphatic carbocycles. The van der Waals surface area contributed by atoms with Crippen molar-refractivity contribution in [1.29, 1.82) is 0 Å². The van der Waals surface area contributed by atoms with Crippen molar-refractivity contribution in [3.05, 3.63) is 120 Å². The van der Waals surface area contributed by atoms with Gasteiger partial charge in [-0.05, 0) is 75.9 Å². The molecule has 6 heteroatoms. The molecular formula is C39H42O6. The quantitative estimate of drug-likeness (QED) is 0.117. The minimum absolute atomic E-state index is 0.447. The molecule has 6 nitrogen and oxygen atoms in total. The van der Waals surface area contributed by atoms with Gasteiger partial charge >= 0.3 is 0 Å². The molecule has 0 radical (unpaired) electrons. The fourth-order valence-electron chi connectivity index (χ4n) is 6.67. The molecule has 0 aromatic heterocycles. The zero-order valence-corrected chi connectivity index (χ0v) is 27.1. The van der Waals surface area contributed by atoms with Crippen molar-refractivity contribution in [3.8, 4) is 45.6 Å². The van der Waals surface area contributed by atoms with E-state index in [0.717, 1.165) is 44.5 Å². The van der Waals surface area contributed by atoms with Crippen LogP contribution in [0.3, 0.4) is 0 Å². The summed E-state index contributed by atoms with van der Waals surface area (Å²) in [7, 11) is 0. The highest BCUT2D eigenvalue weighted by molar-refractivity contribution is 5.89. The Hall–Kier alpha value is -4.84. The first-order chi connectivity index (χ1) is 21.9. The fourth-order valence-corrected chi connectivity index (χ4v) is 6.67. The van der Waals surface area contributed by atoms with E-state index in [1.165, 1.54) is 12.5 Å². The van der Waals surface area contributed by atoms with Gasteiger partial charge in [0.1, 0.15) is 11.5 Å². The Balaban J connectivity index is 2.08. The van der Waals surface area contributed by atoms with Gasteiger partial charge in [0.05, 0.1) is 44.4 Å². The van der Waals surface area contributed by atoms with Gasteiger partial charge in [0.2, 0.25) is 0 Å². The molecule has 0 unspecified atom stereocenters. The maximum absolute atomic E-state index is 6.57. The third kappa shape index (κ3) is 5.08. The van der Waals surface area contributed by atoms with Gasteiger partial charge in [-0.1, -0.05) is 61.7 Å². The average molecular weight is 607 g/mol. The molecule has 0 saturated carbocycles. The summed E-state index contributed by atoms with van der Waals surface area (Å²) < 4.78 is 37.6. The highest BCUT2D eigenvalue weighted by atomic mass is 16.5. The van der Waals surface area contributed by atoms with Crippen LogP contribution in [0.2, 0.25) is 0 Å². The molecule has 0 atom stereocenters. The van der Waals surface area contributed by atoms with E-state index in [-0.39, 0.29) is 0 Å². The molecule has 1 aliphatic rings. The molecule has 0 N–H and O–H groups in total. The minimum Gasteiger partial charge on any atom is -0.493 e. The molecule has 234 valence electrons. The van der Waals surface area contributed by atoms with Crippen LogP contribution in [0.25, 0.3) is 11.1 Å². The van der Waals surface area contributed by atoms with Crippen molar-refractivity contribution in [2.45, 2.75) is 47.0 Å². The van der Waals surface area contributed by atoms with Gasteiger partial charge in [-0.25, -0.2) is 0 Å². The van der Waals surface area contributed by atoms with Crippen LogP contribution in [-0.4, -0.2) is 26.4 Å². The Labute approximate surface area is 266 Å². The monoisotopic (exact) mass is 606 g/mol. The summed E-state index contributed by atoms with van der Waals surface area (Å²) >= 11 is 0. The summed E-state index contributed by atoms with van der Waals surface area (Å²) in [6.07, 6.45) is 2.83.